The monoisotopic (exact) mass is 429 g/mol. The number of amides is 2. The molecule has 0 aliphatic heterocycles. The number of thioether (sulfide) groups is 2. The molecule has 1 aromatic carbocycles. The standard InChI is InChI=1S/C22H27N3O2S2/c1-28-21-12-11-17(14-24-21)25-22(27)18-9-5-6-10-19(18)29-15-20(26)23-13-16-7-3-2-4-8-16/h5-6,9-12,14,16H,2-4,7-8,13,15H2,1H3,(H,23,26)(H,25,27). The fourth-order valence-electron chi connectivity index (χ4n) is 3.40. The number of nitrogens with one attached hydrogen (secondary N) is 2. The van der Waals surface area contributed by atoms with Crippen molar-refractivity contribution in [3.8, 4) is 0 Å². The summed E-state index contributed by atoms with van der Waals surface area (Å²) in [6.07, 6.45) is 9.89. The molecule has 3 rings (SSSR count). The molecule has 1 aromatic heterocycles. The Morgan fingerprint density at radius 2 is 1.90 bits per heavy atom. The van der Waals surface area contributed by atoms with Crippen molar-refractivity contribution in [3.63, 3.8) is 0 Å². The minimum Gasteiger partial charge on any atom is -0.355 e. The van der Waals surface area contributed by atoms with Gasteiger partial charge in [-0.05, 0) is 49.3 Å². The van der Waals surface area contributed by atoms with Crippen LogP contribution < -0.4 is 10.6 Å². The number of rotatable bonds is 8. The maximum absolute atomic E-state index is 12.7. The predicted octanol–water partition coefficient (Wildman–Crippen LogP) is 4.84. The summed E-state index contributed by atoms with van der Waals surface area (Å²) in [7, 11) is 0. The molecule has 0 radical (unpaired) electrons. The molecule has 0 spiro atoms. The van der Waals surface area contributed by atoms with Gasteiger partial charge in [-0.3, -0.25) is 9.59 Å². The molecule has 2 N–H and O–H groups in total. The third kappa shape index (κ3) is 6.78. The van der Waals surface area contributed by atoms with E-state index in [4.69, 9.17) is 0 Å². The molecule has 0 unspecified atom stereocenters. The van der Waals surface area contributed by atoms with E-state index in [9.17, 15) is 9.59 Å². The van der Waals surface area contributed by atoms with Gasteiger partial charge in [-0.1, -0.05) is 31.4 Å². The second-order valence-corrected chi connectivity index (χ2v) is 8.98. The molecule has 1 saturated carbocycles. The highest BCUT2D eigenvalue weighted by Crippen LogP contribution is 2.25. The summed E-state index contributed by atoms with van der Waals surface area (Å²) >= 11 is 2.95. The zero-order valence-corrected chi connectivity index (χ0v) is 18.3. The van der Waals surface area contributed by atoms with Crippen molar-refractivity contribution in [1.82, 2.24) is 10.3 Å². The number of carbonyl (C=O) groups excluding carboxylic acids is 2. The number of hydrogen-bond donors (Lipinski definition) is 2. The molecule has 7 heteroatoms. The predicted molar refractivity (Wildman–Crippen MR) is 121 cm³/mol. The van der Waals surface area contributed by atoms with E-state index < -0.39 is 0 Å². The van der Waals surface area contributed by atoms with Crippen LogP contribution in [0.4, 0.5) is 5.69 Å². The second-order valence-electron chi connectivity index (χ2n) is 7.14. The van der Waals surface area contributed by atoms with Crippen LogP contribution in [0.1, 0.15) is 42.5 Å². The van der Waals surface area contributed by atoms with Crippen molar-refractivity contribution in [2.75, 3.05) is 23.9 Å². The molecular weight excluding hydrogens is 402 g/mol. The van der Waals surface area contributed by atoms with E-state index in [2.05, 4.69) is 15.6 Å². The zero-order chi connectivity index (χ0) is 20.5. The maximum atomic E-state index is 12.7. The normalized spacial score (nSPS) is 14.4. The van der Waals surface area contributed by atoms with Gasteiger partial charge in [0, 0.05) is 11.4 Å². The fourth-order valence-corrected chi connectivity index (χ4v) is 4.64. The van der Waals surface area contributed by atoms with Crippen LogP contribution in [0.3, 0.4) is 0 Å². The van der Waals surface area contributed by atoms with Crippen molar-refractivity contribution >= 4 is 41.0 Å². The molecule has 0 saturated heterocycles. The Morgan fingerprint density at radius 1 is 1.10 bits per heavy atom. The Morgan fingerprint density at radius 3 is 2.62 bits per heavy atom. The molecule has 154 valence electrons. The second kappa shape index (κ2) is 11.3. The minimum atomic E-state index is -0.200. The number of anilines is 1. The first-order valence-electron chi connectivity index (χ1n) is 9.95. The first kappa shape index (κ1) is 21.7. The molecule has 1 aliphatic rings. The van der Waals surface area contributed by atoms with Crippen LogP contribution in [-0.4, -0.2) is 35.4 Å². The van der Waals surface area contributed by atoms with E-state index in [-0.39, 0.29) is 11.8 Å². The highest BCUT2D eigenvalue weighted by molar-refractivity contribution is 8.00. The van der Waals surface area contributed by atoms with E-state index in [1.54, 1.807) is 24.0 Å². The van der Waals surface area contributed by atoms with Crippen LogP contribution in [0.15, 0.2) is 52.5 Å². The number of aromatic nitrogens is 1. The van der Waals surface area contributed by atoms with Gasteiger partial charge in [0.25, 0.3) is 5.91 Å². The molecule has 0 bridgehead atoms. The van der Waals surface area contributed by atoms with Gasteiger partial charge in [0.05, 0.1) is 28.2 Å². The molecule has 0 atom stereocenters. The first-order valence-corrected chi connectivity index (χ1v) is 12.2. The summed E-state index contributed by atoms with van der Waals surface area (Å²) < 4.78 is 0. The zero-order valence-electron chi connectivity index (χ0n) is 16.6. The number of benzene rings is 1. The molecule has 1 aliphatic carbocycles. The van der Waals surface area contributed by atoms with Crippen LogP contribution in [0, 0.1) is 5.92 Å². The molecule has 2 aromatic rings. The number of nitrogens with zero attached hydrogens (tertiary/aromatic N) is 1. The van der Waals surface area contributed by atoms with Crippen LogP contribution in [0.25, 0.3) is 0 Å². The Kier molecular flexibility index (Phi) is 8.43. The largest absolute Gasteiger partial charge is 0.355 e. The molecule has 5 nitrogen and oxygen atoms in total. The fraction of sp³-hybridized carbons (Fsp3) is 0.409. The van der Waals surface area contributed by atoms with Gasteiger partial charge in [-0.15, -0.1) is 23.5 Å². The maximum Gasteiger partial charge on any atom is 0.256 e. The van der Waals surface area contributed by atoms with Crippen molar-refractivity contribution in [3.05, 3.63) is 48.2 Å². The highest BCUT2D eigenvalue weighted by atomic mass is 32.2. The van der Waals surface area contributed by atoms with Crippen molar-refractivity contribution in [2.24, 2.45) is 5.92 Å². The summed E-state index contributed by atoms with van der Waals surface area (Å²) in [5.74, 6) is 0.741. The van der Waals surface area contributed by atoms with Crippen LogP contribution in [0.2, 0.25) is 0 Å². The summed E-state index contributed by atoms with van der Waals surface area (Å²) in [6, 6.07) is 11.1. The summed E-state index contributed by atoms with van der Waals surface area (Å²) in [4.78, 5) is 30.0. The first-order chi connectivity index (χ1) is 14.2. The smallest absolute Gasteiger partial charge is 0.256 e. The molecular formula is C22H27N3O2S2. The minimum absolute atomic E-state index is 0.0210. The lowest BCUT2D eigenvalue weighted by atomic mass is 9.89. The average Bonchev–Trinajstić information content (AvgIpc) is 2.77. The van der Waals surface area contributed by atoms with E-state index in [0.717, 1.165) is 16.5 Å². The Hall–Kier alpha value is -1.99. The SMILES string of the molecule is CSc1ccc(NC(=O)c2ccccc2SCC(=O)NCC2CCCCC2)cn1. The van der Waals surface area contributed by atoms with Gasteiger partial charge in [0.2, 0.25) is 5.91 Å². The van der Waals surface area contributed by atoms with Gasteiger partial charge in [0.1, 0.15) is 0 Å². The van der Waals surface area contributed by atoms with Crippen LogP contribution >= 0.6 is 23.5 Å². The number of pyridine rings is 1. The average molecular weight is 430 g/mol. The van der Waals surface area contributed by atoms with Gasteiger partial charge in [-0.2, -0.15) is 0 Å². The number of carbonyl (C=O) groups is 2. The molecule has 29 heavy (non-hydrogen) atoms. The lowest BCUT2D eigenvalue weighted by Crippen LogP contribution is -2.31. The van der Waals surface area contributed by atoms with Gasteiger partial charge in [0.15, 0.2) is 0 Å². The Balaban J connectivity index is 1.53. The van der Waals surface area contributed by atoms with Crippen molar-refractivity contribution in [2.45, 2.75) is 42.0 Å². The van der Waals surface area contributed by atoms with Crippen molar-refractivity contribution in [1.29, 1.82) is 0 Å². The van der Waals surface area contributed by atoms with Crippen LogP contribution in [0.5, 0.6) is 0 Å². The third-order valence-electron chi connectivity index (χ3n) is 5.01. The Labute approximate surface area is 180 Å². The molecule has 1 fully saturated rings. The van der Waals surface area contributed by atoms with E-state index >= 15 is 0 Å². The van der Waals surface area contributed by atoms with E-state index in [1.165, 1.54) is 43.9 Å². The molecule has 2 amide bonds. The Bertz CT molecular complexity index is 821. The highest BCUT2D eigenvalue weighted by Gasteiger charge is 2.16. The topological polar surface area (TPSA) is 71.1 Å². The summed E-state index contributed by atoms with van der Waals surface area (Å²) in [5.41, 5.74) is 1.21. The lowest BCUT2D eigenvalue weighted by molar-refractivity contribution is -0.118. The van der Waals surface area contributed by atoms with Gasteiger partial charge >= 0.3 is 0 Å². The van der Waals surface area contributed by atoms with Crippen LogP contribution in [-0.2, 0) is 4.79 Å². The quantitative estimate of drug-likeness (QED) is 0.587. The molecule has 1 heterocycles. The lowest BCUT2D eigenvalue weighted by Gasteiger charge is -2.21. The van der Waals surface area contributed by atoms with E-state index in [0.29, 0.717) is 22.9 Å². The van der Waals surface area contributed by atoms with Crippen molar-refractivity contribution < 1.29 is 9.59 Å². The number of hydrogen-bond acceptors (Lipinski definition) is 5. The summed E-state index contributed by atoms with van der Waals surface area (Å²) in [5, 5.41) is 6.83. The summed E-state index contributed by atoms with van der Waals surface area (Å²) in [6.45, 7) is 0.764. The van der Waals surface area contributed by atoms with E-state index in [1.807, 2.05) is 36.6 Å². The van der Waals surface area contributed by atoms with Gasteiger partial charge < -0.3 is 10.6 Å². The van der Waals surface area contributed by atoms with Gasteiger partial charge in [-0.25, -0.2) is 4.98 Å². The third-order valence-corrected chi connectivity index (χ3v) is 6.74.